The van der Waals surface area contributed by atoms with Gasteiger partial charge in [-0.25, -0.2) is 4.98 Å². The molecule has 134 valence electrons. The van der Waals surface area contributed by atoms with Crippen molar-refractivity contribution in [2.75, 3.05) is 38.1 Å². The largest absolute Gasteiger partial charge is 0.390 e. The van der Waals surface area contributed by atoms with Crippen LogP contribution >= 0.6 is 11.3 Å². The maximum absolute atomic E-state index is 10.3. The van der Waals surface area contributed by atoms with E-state index in [4.69, 9.17) is 4.98 Å². The summed E-state index contributed by atoms with van der Waals surface area (Å²) in [5.74, 6) is 0. The van der Waals surface area contributed by atoms with Gasteiger partial charge in [0.2, 0.25) is 0 Å². The highest BCUT2D eigenvalue weighted by molar-refractivity contribution is 7.19. The van der Waals surface area contributed by atoms with E-state index in [1.807, 2.05) is 24.3 Å². The maximum atomic E-state index is 10.3. The molecule has 0 aliphatic carbocycles. The second-order valence-electron chi connectivity index (χ2n) is 6.77. The van der Waals surface area contributed by atoms with E-state index in [1.165, 1.54) is 10.4 Å². The van der Waals surface area contributed by atoms with Crippen LogP contribution in [0.2, 0.25) is 0 Å². The van der Waals surface area contributed by atoms with Crippen molar-refractivity contribution >= 4 is 16.5 Å². The molecule has 0 spiro atoms. The summed E-state index contributed by atoms with van der Waals surface area (Å²) in [7, 11) is 2.05. The van der Waals surface area contributed by atoms with E-state index < -0.39 is 0 Å². The number of likely N-dealkylation sites (N-methyl/N-ethyl adjacent to an activating group) is 1. The van der Waals surface area contributed by atoms with Crippen LogP contribution in [0.15, 0.2) is 60.7 Å². The molecule has 26 heavy (non-hydrogen) atoms. The van der Waals surface area contributed by atoms with Crippen LogP contribution < -0.4 is 4.90 Å². The number of hydrogen-bond donors (Lipinski definition) is 1. The number of aliphatic hydroxyl groups excluding tert-OH is 1. The Morgan fingerprint density at radius 3 is 2.27 bits per heavy atom. The molecule has 1 N–H and O–H groups in total. The number of aliphatic hydroxyl groups is 1. The summed E-state index contributed by atoms with van der Waals surface area (Å²) >= 11 is 1.71. The van der Waals surface area contributed by atoms with E-state index in [0.717, 1.165) is 29.5 Å². The fourth-order valence-electron chi connectivity index (χ4n) is 3.34. The molecule has 1 aromatic heterocycles. The number of hydrogen-bond acceptors (Lipinski definition) is 5. The lowest BCUT2D eigenvalue weighted by Crippen LogP contribution is -2.32. The third kappa shape index (κ3) is 3.65. The smallest absolute Gasteiger partial charge is 0.186 e. The van der Waals surface area contributed by atoms with Crippen molar-refractivity contribution in [3.05, 3.63) is 60.7 Å². The molecule has 1 fully saturated rings. The molecule has 0 amide bonds. The number of benzene rings is 2. The number of thiazole rings is 1. The van der Waals surface area contributed by atoms with Crippen molar-refractivity contribution in [1.82, 2.24) is 9.88 Å². The van der Waals surface area contributed by atoms with Crippen LogP contribution in [-0.4, -0.2) is 54.3 Å². The van der Waals surface area contributed by atoms with Gasteiger partial charge in [0.05, 0.1) is 16.7 Å². The lowest BCUT2D eigenvalue weighted by molar-refractivity contribution is 0.145. The van der Waals surface area contributed by atoms with Gasteiger partial charge in [-0.15, -0.1) is 0 Å². The van der Waals surface area contributed by atoms with E-state index >= 15 is 0 Å². The highest BCUT2D eigenvalue weighted by atomic mass is 32.1. The predicted octanol–water partition coefficient (Wildman–Crippen LogP) is 3.59. The zero-order chi connectivity index (χ0) is 17.9. The minimum absolute atomic E-state index is 0.355. The van der Waals surface area contributed by atoms with Crippen molar-refractivity contribution in [2.24, 2.45) is 0 Å². The van der Waals surface area contributed by atoms with E-state index in [-0.39, 0.29) is 6.10 Å². The van der Waals surface area contributed by atoms with Crippen molar-refractivity contribution in [2.45, 2.75) is 6.10 Å². The van der Waals surface area contributed by atoms with E-state index in [0.29, 0.717) is 13.1 Å². The summed E-state index contributed by atoms with van der Waals surface area (Å²) in [4.78, 5) is 10.6. The molecule has 1 aliphatic heterocycles. The van der Waals surface area contributed by atoms with Gasteiger partial charge in [0.15, 0.2) is 5.13 Å². The van der Waals surface area contributed by atoms with Crippen LogP contribution in [0.3, 0.4) is 0 Å². The third-order valence-corrected chi connectivity index (χ3v) is 5.84. The van der Waals surface area contributed by atoms with Gasteiger partial charge in [0.1, 0.15) is 0 Å². The molecule has 2 heterocycles. The fraction of sp³-hybridized carbons (Fsp3) is 0.286. The Labute approximate surface area is 158 Å². The van der Waals surface area contributed by atoms with Crippen molar-refractivity contribution in [3.8, 4) is 21.7 Å². The Morgan fingerprint density at radius 1 is 0.923 bits per heavy atom. The maximum Gasteiger partial charge on any atom is 0.186 e. The molecule has 4 rings (SSSR count). The fourth-order valence-corrected chi connectivity index (χ4v) is 4.47. The standard InChI is InChI=1S/C21H23N3OS/c1-23-12-13-24(15-18(25)14-23)21-22-19(16-8-4-2-5-9-16)20(26-21)17-10-6-3-7-11-17/h2-11,18,25H,12-15H2,1H3. The summed E-state index contributed by atoms with van der Waals surface area (Å²) in [6.07, 6.45) is -0.355. The van der Waals surface area contributed by atoms with Crippen LogP contribution in [0.4, 0.5) is 5.13 Å². The second kappa shape index (κ2) is 7.58. The SMILES string of the molecule is CN1CCN(c2nc(-c3ccccc3)c(-c3ccccc3)s2)CC(O)C1. The van der Waals surface area contributed by atoms with E-state index in [9.17, 15) is 5.11 Å². The van der Waals surface area contributed by atoms with Gasteiger partial charge >= 0.3 is 0 Å². The Balaban J connectivity index is 1.76. The van der Waals surface area contributed by atoms with Crippen molar-refractivity contribution in [1.29, 1.82) is 0 Å². The van der Waals surface area contributed by atoms with Gasteiger partial charge in [-0.05, 0) is 12.6 Å². The first kappa shape index (κ1) is 17.2. The third-order valence-electron chi connectivity index (χ3n) is 4.67. The Bertz CT molecular complexity index is 793. The molecule has 5 heteroatoms. The normalized spacial score (nSPS) is 18.7. The molecule has 1 unspecified atom stereocenters. The molecule has 0 bridgehead atoms. The Morgan fingerprint density at radius 2 is 1.58 bits per heavy atom. The summed E-state index contributed by atoms with van der Waals surface area (Å²) in [5.41, 5.74) is 3.33. The molecule has 1 atom stereocenters. The minimum Gasteiger partial charge on any atom is -0.390 e. The van der Waals surface area contributed by atoms with Gasteiger partial charge in [-0.2, -0.15) is 0 Å². The number of anilines is 1. The van der Waals surface area contributed by atoms with Gasteiger partial charge in [0.25, 0.3) is 0 Å². The van der Waals surface area contributed by atoms with E-state index in [2.05, 4.69) is 53.2 Å². The number of rotatable bonds is 3. The lowest BCUT2D eigenvalue weighted by Gasteiger charge is -2.20. The molecule has 2 aromatic carbocycles. The molecule has 1 saturated heterocycles. The first-order valence-electron chi connectivity index (χ1n) is 8.94. The average Bonchev–Trinajstić information content (AvgIpc) is 3.04. The zero-order valence-electron chi connectivity index (χ0n) is 14.9. The van der Waals surface area contributed by atoms with Gasteiger partial charge in [-0.3, -0.25) is 0 Å². The predicted molar refractivity (Wildman–Crippen MR) is 109 cm³/mol. The Hall–Kier alpha value is -2.21. The minimum atomic E-state index is -0.355. The molecule has 1 aliphatic rings. The number of β-amino-alcohol motifs (C(OH)–C–C–N with tert-alkyl or cyclic N) is 1. The summed E-state index contributed by atoms with van der Waals surface area (Å²) in [6, 6.07) is 20.8. The first-order valence-corrected chi connectivity index (χ1v) is 9.75. The lowest BCUT2D eigenvalue weighted by atomic mass is 10.1. The number of nitrogens with zero attached hydrogens (tertiary/aromatic N) is 3. The molecule has 0 radical (unpaired) electrons. The molecule has 4 nitrogen and oxygen atoms in total. The zero-order valence-corrected chi connectivity index (χ0v) is 15.7. The van der Waals surface area contributed by atoms with Crippen molar-refractivity contribution in [3.63, 3.8) is 0 Å². The monoisotopic (exact) mass is 365 g/mol. The molecular formula is C21H23N3OS. The van der Waals surface area contributed by atoms with E-state index in [1.54, 1.807) is 11.3 Å². The van der Waals surface area contributed by atoms with Gasteiger partial charge < -0.3 is 14.9 Å². The Kier molecular flexibility index (Phi) is 5.02. The van der Waals surface area contributed by atoms with Crippen LogP contribution in [0.25, 0.3) is 21.7 Å². The first-order chi connectivity index (χ1) is 12.7. The number of aromatic nitrogens is 1. The topological polar surface area (TPSA) is 39.6 Å². The molecule has 3 aromatic rings. The highest BCUT2D eigenvalue weighted by Gasteiger charge is 2.23. The van der Waals surface area contributed by atoms with Gasteiger partial charge in [0, 0.05) is 31.7 Å². The van der Waals surface area contributed by atoms with Crippen LogP contribution in [-0.2, 0) is 0 Å². The van der Waals surface area contributed by atoms with Gasteiger partial charge in [-0.1, -0.05) is 72.0 Å². The summed E-state index contributed by atoms with van der Waals surface area (Å²) < 4.78 is 0. The van der Waals surface area contributed by atoms with Crippen LogP contribution in [0.5, 0.6) is 0 Å². The highest BCUT2D eigenvalue weighted by Crippen LogP contribution is 2.40. The quantitative estimate of drug-likeness (QED) is 0.770. The van der Waals surface area contributed by atoms with Crippen molar-refractivity contribution < 1.29 is 5.11 Å². The second-order valence-corrected chi connectivity index (χ2v) is 7.75. The molecule has 0 saturated carbocycles. The molecular weight excluding hydrogens is 342 g/mol. The van der Waals surface area contributed by atoms with Crippen LogP contribution in [0.1, 0.15) is 0 Å². The average molecular weight is 366 g/mol. The van der Waals surface area contributed by atoms with Crippen LogP contribution in [0, 0.1) is 0 Å². The summed E-state index contributed by atoms with van der Waals surface area (Å²) in [5, 5.41) is 11.3. The summed E-state index contributed by atoms with van der Waals surface area (Å²) in [6.45, 7) is 3.14.